The lowest BCUT2D eigenvalue weighted by Gasteiger charge is -2.08. The van der Waals surface area contributed by atoms with Crippen molar-refractivity contribution in [3.63, 3.8) is 0 Å². The van der Waals surface area contributed by atoms with Gasteiger partial charge in [0, 0.05) is 17.6 Å². The van der Waals surface area contributed by atoms with E-state index in [1.165, 1.54) is 0 Å². The number of ether oxygens (including phenoxy) is 2. The maximum absolute atomic E-state index is 5.32. The predicted octanol–water partition coefficient (Wildman–Crippen LogP) is 1.82. The van der Waals surface area contributed by atoms with E-state index in [4.69, 9.17) is 9.47 Å². The molecule has 0 aliphatic carbocycles. The molecule has 6 heteroatoms. The Labute approximate surface area is 110 Å². The summed E-state index contributed by atoms with van der Waals surface area (Å²) in [5.41, 5.74) is 1.99. The highest BCUT2D eigenvalue weighted by atomic mass is 16.5. The molecule has 0 unspecified atom stereocenters. The second-order valence-electron chi connectivity index (χ2n) is 4.15. The van der Waals surface area contributed by atoms with Gasteiger partial charge in [0.05, 0.1) is 44.5 Å². The van der Waals surface area contributed by atoms with Gasteiger partial charge >= 0.3 is 0 Å². The number of aromatic nitrogens is 4. The minimum absolute atomic E-state index is 0.638. The number of fused-ring (bicyclic) bond motifs is 1. The number of benzene rings is 1. The van der Waals surface area contributed by atoms with Crippen LogP contribution in [0.1, 0.15) is 5.69 Å². The first-order chi connectivity index (χ1) is 9.31. The Hall–Kier alpha value is -2.50. The van der Waals surface area contributed by atoms with Crippen LogP contribution in [0.3, 0.4) is 0 Å². The highest BCUT2D eigenvalue weighted by molar-refractivity contribution is 5.82. The standard InChI is InChI=1S/C13H14N4O2/c1-18-12-3-9-5-16-17(7-10-6-14-8-15-10)11(9)4-13(12)19-2/h3-6,8H,7H2,1-2H3,(H,14,15). The van der Waals surface area contributed by atoms with Crippen molar-refractivity contribution in [2.24, 2.45) is 0 Å². The van der Waals surface area contributed by atoms with Crippen LogP contribution in [0.15, 0.2) is 30.9 Å². The normalized spacial score (nSPS) is 10.8. The number of nitrogens with zero attached hydrogens (tertiary/aromatic N) is 3. The molecule has 0 aliphatic rings. The number of aromatic amines is 1. The Morgan fingerprint density at radius 2 is 1.95 bits per heavy atom. The molecule has 0 amide bonds. The Balaban J connectivity index is 2.06. The number of hydrogen-bond donors (Lipinski definition) is 1. The quantitative estimate of drug-likeness (QED) is 0.775. The molecule has 1 N–H and O–H groups in total. The number of nitrogens with one attached hydrogen (secondary N) is 1. The van der Waals surface area contributed by atoms with Gasteiger partial charge in [-0.05, 0) is 6.07 Å². The zero-order chi connectivity index (χ0) is 13.2. The van der Waals surface area contributed by atoms with Crippen LogP contribution < -0.4 is 9.47 Å². The van der Waals surface area contributed by atoms with Crippen LogP contribution in [0.25, 0.3) is 10.9 Å². The molecule has 6 nitrogen and oxygen atoms in total. The van der Waals surface area contributed by atoms with E-state index < -0.39 is 0 Å². The Bertz CT molecular complexity index is 688. The van der Waals surface area contributed by atoms with Crippen molar-refractivity contribution in [3.05, 3.63) is 36.5 Å². The first-order valence-electron chi connectivity index (χ1n) is 5.86. The summed E-state index contributed by atoms with van der Waals surface area (Å²) < 4.78 is 12.5. The Kier molecular flexibility index (Phi) is 2.83. The minimum Gasteiger partial charge on any atom is -0.493 e. The van der Waals surface area contributed by atoms with E-state index in [1.807, 2.05) is 23.0 Å². The number of imidazole rings is 1. The summed E-state index contributed by atoms with van der Waals surface area (Å²) in [5, 5.41) is 5.39. The van der Waals surface area contributed by atoms with E-state index in [1.54, 1.807) is 26.7 Å². The van der Waals surface area contributed by atoms with Crippen LogP contribution in [0, 0.1) is 0 Å². The van der Waals surface area contributed by atoms with Gasteiger partial charge in [0.2, 0.25) is 0 Å². The summed E-state index contributed by atoms with van der Waals surface area (Å²) in [6, 6.07) is 3.85. The third kappa shape index (κ3) is 2.01. The summed E-state index contributed by atoms with van der Waals surface area (Å²) in [7, 11) is 3.25. The molecule has 98 valence electrons. The summed E-state index contributed by atoms with van der Waals surface area (Å²) >= 11 is 0. The summed E-state index contributed by atoms with van der Waals surface area (Å²) in [5.74, 6) is 1.40. The van der Waals surface area contributed by atoms with Crippen LogP contribution in [0.5, 0.6) is 11.5 Å². The van der Waals surface area contributed by atoms with Gasteiger partial charge in [0.15, 0.2) is 11.5 Å². The topological polar surface area (TPSA) is 65.0 Å². The van der Waals surface area contributed by atoms with Gasteiger partial charge in [0.1, 0.15) is 0 Å². The maximum Gasteiger partial charge on any atom is 0.162 e. The lowest BCUT2D eigenvalue weighted by Crippen LogP contribution is -2.01. The van der Waals surface area contributed by atoms with Crippen LogP contribution in [-0.2, 0) is 6.54 Å². The lowest BCUT2D eigenvalue weighted by atomic mass is 10.2. The number of H-pyrrole nitrogens is 1. The lowest BCUT2D eigenvalue weighted by molar-refractivity contribution is 0.355. The highest BCUT2D eigenvalue weighted by Gasteiger charge is 2.10. The molecule has 0 atom stereocenters. The van der Waals surface area contributed by atoms with Gasteiger partial charge in [-0.15, -0.1) is 0 Å². The largest absolute Gasteiger partial charge is 0.493 e. The third-order valence-electron chi connectivity index (χ3n) is 3.02. The van der Waals surface area contributed by atoms with Gasteiger partial charge in [0.25, 0.3) is 0 Å². The second kappa shape index (κ2) is 4.64. The van der Waals surface area contributed by atoms with Crippen LogP contribution in [0.2, 0.25) is 0 Å². The van der Waals surface area contributed by atoms with Crippen LogP contribution in [0.4, 0.5) is 0 Å². The zero-order valence-corrected chi connectivity index (χ0v) is 10.8. The van der Waals surface area contributed by atoms with Crippen molar-refractivity contribution < 1.29 is 9.47 Å². The molecule has 0 spiro atoms. The monoisotopic (exact) mass is 258 g/mol. The minimum atomic E-state index is 0.638. The van der Waals surface area contributed by atoms with E-state index in [9.17, 15) is 0 Å². The van der Waals surface area contributed by atoms with Gasteiger partial charge < -0.3 is 14.5 Å². The van der Waals surface area contributed by atoms with Crippen molar-refractivity contribution >= 4 is 10.9 Å². The molecule has 0 aliphatic heterocycles. The molecule has 3 aromatic rings. The van der Waals surface area contributed by atoms with Crippen molar-refractivity contribution in [3.8, 4) is 11.5 Å². The van der Waals surface area contributed by atoms with Crippen molar-refractivity contribution in [2.75, 3.05) is 14.2 Å². The van der Waals surface area contributed by atoms with Gasteiger partial charge in [-0.1, -0.05) is 0 Å². The first-order valence-corrected chi connectivity index (χ1v) is 5.86. The third-order valence-corrected chi connectivity index (χ3v) is 3.02. The predicted molar refractivity (Wildman–Crippen MR) is 70.5 cm³/mol. The molecule has 2 heterocycles. The second-order valence-corrected chi connectivity index (χ2v) is 4.15. The van der Waals surface area contributed by atoms with E-state index in [2.05, 4.69) is 15.1 Å². The zero-order valence-electron chi connectivity index (χ0n) is 10.8. The summed E-state index contributed by atoms with van der Waals surface area (Å²) in [6.07, 6.45) is 5.26. The highest BCUT2D eigenvalue weighted by Crippen LogP contribution is 2.32. The molecule has 0 saturated carbocycles. The van der Waals surface area contributed by atoms with Crippen molar-refractivity contribution in [1.29, 1.82) is 0 Å². The fourth-order valence-electron chi connectivity index (χ4n) is 2.06. The molecular formula is C13H14N4O2. The molecule has 0 radical (unpaired) electrons. The Morgan fingerprint density at radius 3 is 2.63 bits per heavy atom. The molecule has 1 aromatic carbocycles. The van der Waals surface area contributed by atoms with Crippen molar-refractivity contribution in [1.82, 2.24) is 19.7 Å². The molecule has 3 rings (SSSR count). The average molecular weight is 258 g/mol. The van der Waals surface area contributed by atoms with Crippen LogP contribution >= 0.6 is 0 Å². The number of methoxy groups -OCH3 is 2. The SMILES string of the molecule is COc1cc2cnn(Cc3cnc[nH]3)c2cc1OC. The fraction of sp³-hybridized carbons (Fsp3) is 0.231. The first kappa shape index (κ1) is 11.6. The molecule has 0 saturated heterocycles. The summed E-state index contributed by atoms with van der Waals surface area (Å²) in [6.45, 7) is 0.638. The smallest absolute Gasteiger partial charge is 0.162 e. The molecule has 0 bridgehead atoms. The molecule has 2 aromatic heterocycles. The fourth-order valence-corrected chi connectivity index (χ4v) is 2.06. The maximum atomic E-state index is 5.32. The van der Waals surface area contributed by atoms with E-state index in [0.717, 1.165) is 16.6 Å². The number of hydrogen-bond acceptors (Lipinski definition) is 4. The van der Waals surface area contributed by atoms with E-state index in [0.29, 0.717) is 18.0 Å². The van der Waals surface area contributed by atoms with Gasteiger partial charge in [-0.3, -0.25) is 4.68 Å². The van der Waals surface area contributed by atoms with E-state index in [-0.39, 0.29) is 0 Å². The van der Waals surface area contributed by atoms with Gasteiger partial charge in [-0.25, -0.2) is 4.98 Å². The van der Waals surface area contributed by atoms with Crippen LogP contribution in [-0.4, -0.2) is 34.0 Å². The number of rotatable bonds is 4. The summed E-state index contributed by atoms with van der Waals surface area (Å²) in [4.78, 5) is 7.07. The molecule has 0 fully saturated rings. The Morgan fingerprint density at radius 1 is 1.16 bits per heavy atom. The van der Waals surface area contributed by atoms with Crippen molar-refractivity contribution in [2.45, 2.75) is 6.54 Å². The molecular weight excluding hydrogens is 244 g/mol. The average Bonchev–Trinajstić information content (AvgIpc) is 3.08. The molecule has 19 heavy (non-hydrogen) atoms. The van der Waals surface area contributed by atoms with E-state index >= 15 is 0 Å². The van der Waals surface area contributed by atoms with Gasteiger partial charge in [-0.2, -0.15) is 5.10 Å².